The number of piperazine rings is 1. The Morgan fingerprint density at radius 1 is 0.902 bits per heavy atom. The van der Waals surface area contributed by atoms with E-state index >= 15 is 0 Å². The van der Waals surface area contributed by atoms with Crippen LogP contribution in [0, 0.1) is 6.92 Å². The summed E-state index contributed by atoms with van der Waals surface area (Å²) in [5.74, 6) is -0.765. The summed E-state index contributed by atoms with van der Waals surface area (Å²) in [4.78, 5) is 61.6. The van der Waals surface area contributed by atoms with Crippen molar-refractivity contribution in [3.05, 3.63) is 53.1 Å². The Hall–Kier alpha value is -4.56. The highest BCUT2D eigenvalue weighted by atomic mass is 16.6. The summed E-state index contributed by atoms with van der Waals surface area (Å²) in [6, 6.07) is 11.5. The van der Waals surface area contributed by atoms with Gasteiger partial charge in [0.1, 0.15) is 0 Å². The number of hydrogen-bond donors (Lipinski definition) is 3. The maximum atomic E-state index is 14.1. The summed E-state index contributed by atoms with van der Waals surface area (Å²) in [7, 11) is 1.47. The van der Waals surface area contributed by atoms with Gasteiger partial charge in [-0.05, 0) is 67.9 Å². The molecule has 0 spiro atoms. The number of fused-ring (bicyclic) bond motifs is 1. The molecule has 4 aliphatic heterocycles. The van der Waals surface area contributed by atoms with Crippen molar-refractivity contribution in [1.82, 2.24) is 24.5 Å². The SMILES string of the molecule is COc1cc(C[C@@H](OC(=O)N2CCC(N3CCc4ccccc4NC3=O)CC2)C(=O)N2CCN(C3CCN(CC(=O)O)CC3)CC2)cc(C)c1O. The molecule has 14 nitrogen and oxygen atoms in total. The van der Waals surface area contributed by atoms with E-state index in [0.29, 0.717) is 75.8 Å². The average Bonchev–Trinajstić information content (AvgIpc) is 3.30. The molecule has 0 bridgehead atoms. The van der Waals surface area contributed by atoms with Crippen LogP contribution in [0.3, 0.4) is 0 Å². The first kappa shape index (κ1) is 36.2. The van der Waals surface area contributed by atoms with Crippen molar-refractivity contribution in [2.75, 3.05) is 77.9 Å². The number of anilines is 1. The summed E-state index contributed by atoms with van der Waals surface area (Å²) in [6.45, 7) is 7.04. The van der Waals surface area contributed by atoms with Crippen molar-refractivity contribution in [2.24, 2.45) is 0 Å². The van der Waals surface area contributed by atoms with Gasteiger partial charge in [0.25, 0.3) is 5.91 Å². The van der Waals surface area contributed by atoms with Gasteiger partial charge in [-0.15, -0.1) is 0 Å². The van der Waals surface area contributed by atoms with Gasteiger partial charge in [0, 0.05) is 83.1 Å². The zero-order valence-electron chi connectivity index (χ0n) is 29.6. The first-order valence-corrected chi connectivity index (χ1v) is 18.0. The van der Waals surface area contributed by atoms with E-state index in [1.165, 1.54) is 7.11 Å². The van der Waals surface area contributed by atoms with Gasteiger partial charge in [-0.1, -0.05) is 24.3 Å². The minimum absolute atomic E-state index is 0.0195. The lowest BCUT2D eigenvalue weighted by atomic mass is 10.0. The lowest BCUT2D eigenvalue weighted by Gasteiger charge is -2.43. The highest BCUT2D eigenvalue weighted by Crippen LogP contribution is 2.32. The maximum Gasteiger partial charge on any atom is 0.410 e. The number of carboxylic acids is 1. The number of rotatable bonds is 9. The van der Waals surface area contributed by atoms with Crippen LogP contribution in [0.4, 0.5) is 15.3 Å². The van der Waals surface area contributed by atoms with Crippen LogP contribution in [0.1, 0.15) is 42.4 Å². The second kappa shape index (κ2) is 16.2. The number of aryl methyl sites for hydroxylation is 1. The molecule has 6 rings (SSSR count). The molecule has 0 unspecified atom stereocenters. The number of phenolic OH excluding ortho intramolecular Hbond substituents is 1. The summed E-state index contributed by atoms with van der Waals surface area (Å²) in [6.07, 6.45) is 2.20. The number of carbonyl (C=O) groups excluding carboxylic acids is 3. The quantitative estimate of drug-likeness (QED) is 0.355. The number of amides is 4. The number of hydrogen-bond acceptors (Lipinski definition) is 9. The van der Waals surface area contributed by atoms with E-state index in [-0.39, 0.29) is 42.4 Å². The third kappa shape index (κ3) is 8.67. The Labute approximate surface area is 298 Å². The predicted octanol–water partition coefficient (Wildman–Crippen LogP) is 3.00. The van der Waals surface area contributed by atoms with Crippen molar-refractivity contribution in [3.63, 3.8) is 0 Å². The number of phenols is 1. The number of carbonyl (C=O) groups is 4. The molecule has 14 heteroatoms. The van der Waals surface area contributed by atoms with Crippen molar-refractivity contribution in [2.45, 2.75) is 63.6 Å². The number of nitrogens with zero attached hydrogens (tertiary/aromatic N) is 5. The molecule has 3 fully saturated rings. The number of likely N-dealkylation sites (tertiary alicyclic amines) is 2. The summed E-state index contributed by atoms with van der Waals surface area (Å²) in [5, 5.41) is 22.6. The molecule has 4 heterocycles. The molecule has 4 aliphatic rings. The van der Waals surface area contributed by atoms with E-state index in [1.54, 1.807) is 28.9 Å². The molecule has 4 amide bonds. The molecule has 276 valence electrons. The number of piperidine rings is 2. The van der Waals surface area contributed by atoms with Gasteiger partial charge in [0.05, 0.1) is 13.7 Å². The van der Waals surface area contributed by atoms with E-state index < -0.39 is 18.2 Å². The van der Waals surface area contributed by atoms with Gasteiger partial charge in [-0.25, -0.2) is 9.59 Å². The second-order valence-corrected chi connectivity index (χ2v) is 14.1. The van der Waals surface area contributed by atoms with E-state index in [0.717, 1.165) is 43.6 Å². The minimum Gasteiger partial charge on any atom is -0.504 e. The number of ether oxygens (including phenoxy) is 2. The average molecular weight is 707 g/mol. The highest BCUT2D eigenvalue weighted by molar-refractivity contribution is 5.91. The number of nitrogens with one attached hydrogen (secondary N) is 1. The number of para-hydroxylation sites is 1. The number of carboxylic acid groups (broad SMARTS) is 1. The number of aliphatic carboxylic acids is 1. The molecule has 1 atom stereocenters. The van der Waals surface area contributed by atoms with Crippen LogP contribution in [-0.2, 0) is 27.2 Å². The van der Waals surface area contributed by atoms with Gasteiger partial charge in [0.15, 0.2) is 17.6 Å². The van der Waals surface area contributed by atoms with Crippen LogP contribution in [-0.4, -0.2) is 149 Å². The van der Waals surface area contributed by atoms with Gasteiger partial charge in [-0.2, -0.15) is 0 Å². The zero-order chi connectivity index (χ0) is 36.1. The first-order chi connectivity index (χ1) is 24.6. The Morgan fingerprint density at radius 2 is 1.59 bits per heavy atom. The normalized spacial score (nSPS) is 20.3. The third-order valence-corrected chi connectivity index (χ3v) is 10.8. The maximum absolute atomic E-state index is 14.1. The molecular formula is C37H50N6O8. The Bertz CT molecular complexity index is 1580. The first-order valence-electron chi connectivity index (χ1n) is 18.0. The molecule has 2 aromatic carbocycles. The second-order valence-electron chi connectivity index (χ2n) is 14.1. The fraction of sp³-hybridized carbons (Fsp3) is 0.568. The van der Waals surface area contributed by atoms with Crippen LogP contribution in [0.15, 0.2) is 36.4 Å². The fourth-order valence-electron chi connectivity index (χ4n) is 7.93. The van der Waals surface area contributed by atoms with E-state index in [9.17, 15) is 24.3 Å². The monoisotopic (exact) mass is 706 g/mol. The minimum atomic E-state index is -1.08. The van der Waals surface area contributed by atoms with Crippen molar-refractivity contribution in [1.29, 1.82) is 0 Å². The Kier molecular flexibility index (Phi) is 11.5. The van der Waals surface area contributed by atoms with Crippen molar-refractivity contribution >= 4 is 29.7 Å². The Morgan fingerprint density at radius 3 is 2.27 bits per heavy atom. The van der Waals surface area contributed by atoms with Crippen LogP contribution in [0.2, 0.25) is 0 Å². The van der Waals surface area contributed by atoms with Crippen LogP contribution >= 0.6 is 0 Å². The van der Waals surface area contributed by atoms with E-state index in [1.807, 2.05) is 34.1 Å². The van der Waals surface area contributed by atoms with Crippen LogP contribution in [0.5, 0.6) is 11.5 Å². The zero-order valence-corrected chi connectivity index (χ0v) is 29.6. The largest absolute Gasteiger partial charge is 0.504 e. The summed E-state index contributed by atoms with van der Waals surface area (Å²) >= 11 is 0. The van der Waals surface area contributed by atoms with Crippen LogP contribution in [0.25, 0.3) is 0 Å². The van der Waals surface area contributed by atoms with Gasteiger partial charge < -0.3 is 39.7 Å². The molecule has 2 aromatic rings. The molecule has 3 N–H and O–H groups in total. The number of benzene rings is 2. The van der Waals surface area contributed by atoms with Crippen molar-refractivity contribution in [3.8, 4) is 11.5 Å². The van der Waals surface area contributed by atoms with Gasteiger partial charge >= 0.3 is 18.1 Å². The molecular weight excluding hydrogens is 656 g/mol. The number of aromatic hydroxyl groups is 1. The van der Waals surface area contributed by atoms with Crippen LogP contribution < -0.4 is 10.1 Å². The summed E-state index contributed by atoms with van der Waals surface area (Å²) < 4.78 is 11.4. The lowest BCUT2D eigenvalue weighted by Crippen LogP contribution is -2.56. The molecule has 0 saturated carbocycles. The molecule has 51 heavy (non-hydrogen) atoms. The van der Waals surface area contributed by atoms with Gasteiger partial charge in [0.2, 0.25) is 0 Å². The lowest BCUT2D eigenvalue weighted by molar-refractivity contribution is -0.143. The molecule has 0 aromatic heterocycles. The predicted molar refractivity (Wildman–Crippen MR) is 189 cm³/mol. The van der Waals surface area contributed by atoms with Gasteiger partial charge in [-0.3, -0.25) is 19.4 Å². The molecule has 0 radical (unpaired) electrons. The molecule has 0 aliphatic carbocycles. The number of urea groups is 1. The smallest absolute Gasteiger partial charge is 0.410 e. The van der Waals surface area contributed by atoms with E-state index in [2.05, 4.69) is 10.2 Å². The van der Waals surface area contributed by atoms with Crippen molar-refractivity contribution < 1.29 is 38.9 Å². The highest BCUT2D eigenvalue weighted by Gasteiger charge is 2.36. The molecule has 3 saturated heterocycles. The van der Waals surface area contributed by atoms with E-state index in [4.69, 9.17) is 14.6 Å². The third-order valence-electron chi connectivity index (χ3n) is 10.8. The Balaban J connectivity index is 1.07. The standard InChI is InChI=1S/C37H50N6O8/c1-25-21-26(22-31(50-2)34(25)46)23-32(35(47)41-19-17-40(18-20-41)28-8-12-39(13-9-28)24-33(44)45)51-37(49)42-14-10-29(11-15-42)43-16-7-27-5-3-4-6-30(27)38-36(43)48/h3-6,21-22,28-29,32,46H,7-20,23-24H2,1-2H3,(H,38,48)(H,44,45)/t32-/m1/s1. The fourth-order valence-corrected chi connectivity index (χ4v) is 7.93. The summed E-state index contributed by atoms with van der Waals surface area (Å²) in [5.41, 5.74) is 3.23. The topological polar surface area (TPSA) is 155 Å². The number of methoxy groups -OCH3 is 1.